The van der Waals surface area contributed by atoms with Crippen molar-refractivity contribution in [2.45, 2.75) is 5.33 Å². The molecule has 1 aromatic carbocycles. The molecule has 0 amide bonds. The summed E-state index contributed by atoms with van der Waals surface area (Å²) < 4.78 is 0. The van der Waals surface area contributed by atoms with Crippen LogP contribution in [0.3, 0.4) is 0 Å². The Hall–Kier alpha value is -1.34. The molecule has 0 spiro atoms. The summed E-state index contributed by atoms with van der Waals surface area (Å²) in [6.45, 7) is 0. The summed E-state index contributed by atoms with van der Waals surface area (Å²) in [6, 6.07) is 4.82. The van der Waals surface area contributed by atoms with Crippen molar-refractivity contribution >= 4 is 21.6 Å². The van der Waals surface area contributed by atoms with E-state index in [-0.39, 0.29) is 5.69 Å². The van der Waals surface area contributed by atoms with Crippen LogP contribution in [0.15, 0.2) is 18.2 Å². The molecule has 13 heavy (non-hydrogen) atoms. The number of alkyl halides is 1. The van der Waals surface area contributed by atoms with Crippen LogP contribution in [0.25, 0.3) is 0 Å². The van der Waals surface area contributed by atoms with Gasteiger partial charge in [-0.15, -0.1) is 6.42 Å². The minimum absolute atomic E-state index is 0.0144. The summed E-state index contributed by atoms with van der Waals surface area (Å²) >= 11 is 3.21. The van der Waals surface area contributed by atoms with Crippen molar-refractivity contribution in [1.29, 1.82) is 0 Å². The van der Waals surface area contributed by atoms with Crippen molar-refractivity contribution in [2.75, 3.05) is 0 Å². The van der Waals surface area contributed by atoms with Gasteiger partial charge >= 0.3 is 0 Å². The van der Waals surface area contributed by atoms with Gasteiger partial charge in [-0.3, -0.25) is 10.1 Å². The van der Waals surface area contributed by atoms with E-state index in [2.05, 4.69) is 21.9 Å². The van der Waals surface area contributed by atoms with Crippen LogP contribution in [0.4, 0.5) is 5.69 Å². The average molecular weight is 240 g/mol. The second-order valence-corrected chi connectivity index (χ2v) is 2.95. The van der Waals surface area contributed by atoms with E-state index < -0.39 is 4.92 Å². The Kier molecular flexibility index (Phi) is 3.04. The first-order valence-electron chi connectivity index (χ1n) is 3.49. The lowest BCUT2D eigenvalue weighted by Crippen LogP contribution is -1.93. The molecule has 0 aliphatic heterocycles. The van der Waals surface area contributed by atoms with Gasteiger partial charge in [-0.25, -0.2) is 0 Å². The molecule has 0 saturated carbocycles. The maximum atomic E-state index is 10.5. The maximum Gasteiger partial charge on any atom is 0.285 e. The minimum Gasteiger partial charge on any atom is -0.258 e. The van der Waals surface area contributed by atoms with Crippen LogP contribution in [-0.2, 0) is 5.33 Å². The molecule has 0 unspecified atom stereocenters. The van der Waals surface area contributed by atoms with Crippen LogP contribution in [0.1, 0.15) is 11.1 Å². The van der Waals surface area contributed by atoms with Crippen LogP contribution in [-0.4, -0.2) is 4.92 Å². The molecule has 0 N–H and O–H groups in total. The molecule has 0 radical (unpaired) electrons. The molecule has 0 heterocycles. The van der Waals surface area contributed by atoms with Crippen LogP contribution >= 0.6 is 15.9 Å². The van der Waals surface area contributed by atoms with Crippen molar-refractivity contribution in [3.05, 3.63) is 39.4 Å². The van der Waals surface area contributed by atoms with Crippen molar-refractivity contribution in [3.8, 4) is 12.3 Å². The molecule has 0 bridgehead atoms. The monoisotopic (exact) mass is 239 g/mol. The van der Waals surface area contributed by atoms with Crippen molar-refractivity contribution in [2.24, 2.45) is 0 Å². The Morgan fingerprint density at radius 2 is 2.31 bits per heavy atom. The topological polar surface area (TPSA) is 43.1 Å². The lowest BCUT2D eigenvalue weighted by atomic mass is 10.1. The van der Waals surface area contributed by atoms with Gasteiger partial charge in [0.25, 0.3) is 5.69 Å². The summed E-state index contributed by atoms with van der Waals surface area (Å²) in [5.74, 6) is 2.27. The Balaban J connectivity index is 3.28. The van der Waals surface area contributed by atoms with Crippen molar-refractivity contribution in [3.63, 3.8) is 0 Å². The largest absolute Gasteiger partial charge is 0.285 e. The molecular formula is C9H6BrNO2. The molecule has 0 aromatic heterocycles. The van der Waals surface area contributed by atoms with Crippen LogP contribution in [0.5, 0.6) is 0 Å². The highest BCUT2D eigenvalue weighted by Crippen LogP contribution is 2.20. The fraction of sp³-hybridized carbons (Fsp3) is 0.111. The first-order chi connectivity index (χ1) is 6.19. The quantitative estimate of drug-likeness (QED) is 0.345. The second kappa shape index (κ2) is 4.06. The van der Waals surface area contributed by atoms with E-state index in [0.717, 1.165) is 5.56 Å². The fourth-order valence-electron chi connectivity index (χ4n) is 0.933. The van der Waals surface area contributed by atoms with E-state index in [1.54, 1.807) is 12.1 Å². The third-order valence-corrected chi connectivity index (χ3v) is 2.22. The Morgan fingerprint density at radius 3 is 2.77 bits per heavy atom. The number of nitrogens with zero attached hydrogens (tertiary/aromatic N) is 1. The Labute approximate surface area is 84.0 Å². The Morgan fingerprint density at radius 1 is 1.62 bits per heavy atom. The normalized spacial score (nSPS) is 9.23. The number of nitro groups is 1. The highest BCUT2D eigenvalue weighted by molar-refractivity contribution is 9.08. The van der Waals surface area contributed by atoms with Gasteiger partial charge in [-0.2, -0.15) is 0 Å². The highest BCUT2D eigenvalue weighted by atomic mass is 79.9. The van der Waals surface area contributed by atoms with Crippen molar-refractivity contribution < 1.29 is 4.92 Å². The molecule has 1 aromatic rings. The predicted molar refractivity (Wildman–Crippen MR) is 53.7 cm³/mol. The number of terminal acetylenes is 1. The minimum atomic E-state index is -0.471. The van der Waals surface area contributed by atoms with Gasteiger partial charge in [0.1, 0.15) is 5.56 Å². The molecule has 0 fully saturated rings. The summed E-state index contributed by atoms with van der Waals surface area (Å²) in [7, 11) is 0. The molecule has 0 atom stereocenters. The summed E-state index contributed by atoms with van der Waals surface area (Å²) in [6.07, 6.45) is 5.11. The predicted octanol–water partition coefficient (Wildman–Crippen LogP) is 2.47. The van der Waals surface area contributed by atoms with Gasteiger partial charge in [-0.1, -0.05) is 27.9 Å². The van der Waals surface area contributed by atoms with Crippen molar-refractivity contribution in [1.82, 2.24) is 0 Å². The van der Waals surface area contributed by atoms with E-state index >= 15 is 0 Å². The summed E-state index contributed by atoms with van der Waals surface area (Å²) in [5, 5.41) is 11.1. The van der Waals surface area contributed by atoms with Crippen LogP contribution in [0, 0.1) is 22.5 Å². The van der Waals surface area contributed by atoms with Gasteiger partial charge in [-0.05, 0) is 11.6 Å². The number of halogens is 1. The molecule has 0 aliphatic carbocycles. The maximum absolute atomic E-state index is 10.5. The fourth-order valence-corrected chi connectivity index (χ4v) is 1.28. The number of hydrogen-bond acceptors (Lipinski definition) is 2. The van der Waals surface area contributed by atoms with E-state index in [1.807, 2.05) is 0 Å². The smallest absolute Gasteiger partial charge is 0.258 e. The third kappa shape index (κ3) is 2.07. The second-order valence-electron chi connectivity index (χ2n) is 2.39. The van der Waals surface area contributed by atoms with Gasteiger partial charge in [0.05, 0.1) is 4.92 Å². The highest BCUT2D eigenvalue weighted by Gasteiger charge is 2.11. The average Bonchev–Trinajstić information content (AvgIpc) is 2.16. The lowest BCUT2D eigenvalue weighted by Gasteiger charge is -1.98. The Bertz CT molecular complexity index is 382. The van der Waals surface area contributed by atoms with Gasteiger partial charge in [0, 0.05) is 11.4 Å². The molecule has 4 heteroatoms. The summed E-state index contributed by atoms with van der Waals surface area (Å²) in [4.78, 5) is 10.1. The number of benzene rings is 1. The lowest BCUT2D eigenvalue weighted by molar-refractivity contribution is -0.385. The van der Waals surface area contributed by atoms with E-state index in [9.17, 15) is 10.1 Å². The zero-order valence-corrected chi connectivity index (χ0v) is 8.24. The molecule has 0 aliphatic rings. The number of rotatable bonds is 2. The number of hydrogen-bond donors (Lipinski definition) is 0. The molecule has 66 valence electrons. The zero-order chi connectivity index (χ0) is 9.84. The first-order valence-corrected chi connectivity index (χ1v) is 4.61. The van der Waals surface area contributed by atoms with Gasteiger partial charge in [0.2, 0.25) is 0 Å². The molecular weight excluding hydrogens is 234 g/mol. The van der Waals surface area contributed by atoms with Gasteiger partial charge < -0.3 is 0 Å². The molecule has 1 rings (SSSR count). The SMILES string of the molecule is C#Cc1ccc(CBr)cc1[N+](=O)[O-]. The summed E-state index contributed by atoms with van der Waals surface area (Å²) in [5.41, 5.74) is 1.14. The number of nitro benzene ring substituents is 1. The third-order valence-electron chi connectivity index (χ3n) is 1.57. The van der Waals surface area contributed by atoms with Gasteiger partial charge in [0.15, 0.2) is 0 Å². The molecule has 3 nitrogen and oxygen atoms in total. The van der Waals surface area contributed by atoms with E-state index in [1.165, 1.54) is 6.07 Å². The van der Waals surface area contributed by atoms with E-state index in [4.69, 9.17) is 6.42 Å². The standard InChI is InChI=1S/C9H6BrNO2/c1-2-8-4-3-7(6-10)5-9(8)11(12)13/h1,3-5H,6H2. The first kappa shape index (κ1) is 9.75. The van der Waals surface area contributed by atoms with E-state index in [0.29, 0.717) is 10.9 Å². The van der Waals surface area contributed by atoms with Crippen LogP contribution in [0.2, 0.25) is 0 Å². The molecule has 0 saturated heterocycles. The zero-order valence-electron chi connectivity index (χ0n) is 6.66. The van der Waals surface area contributed by atoms with Crippen LogP contribution < -0.4 is 0 Å².